The van der Waals surface area contributed by atoms with Crippen LogP contribution in [0.1, 0.15) is 23.4 Å². The van der Waals surface area contributed by atoms with E-state index in [4.69, 9.17) is 5.10 Å². The van der Waals surface area contributed by atoms with E-state index >= 15 is 0 Å². The highest BCUT2D eigenvalue weighted by molar-refractivity contribution is 5.76. The first-order valence-electron chi connectivity index (χ1n) is 12.7. The van der Waals surface area contributed by atoms with Gasteiger partial charge in [0.15, 0.2) is 0 Å². The molecule has 5 rings (SSSR count). The van der Waals surface area contributed by atoms with E-state index in [0.29, 0.717) is 19.4 Å². The van der Waals surface area contributed by atoms with Gasteiger partial charge in [0.1, 0.15) is 0 Å². The highest BCUT2D eigenvalue weighted by atomic mass is 16.1. The molecular formula is C30H31N7O. The van der Waals surface area contributed by atoms with E-state index in [1.54, 1.807) is 11.7 Å². The molecule has 2 heterocycles. The van der Waals surface area contributed by atoms with Crippen molar-refractivity contribution in [1.29, 1.82) is 0 Å². The first-order chi connectivity index (χ1) is 18.5. The van der Waals surface area contributed by atoms with Crippen LogP contribution < -0.4 is 10.6 Å². The van der Waals surface area contributed by atoms with Crippen LogP contribution in [0.5, 0.6) is 0 Å². The Morgan fingerprint density at radius 1 is 0.816 bits per heavy atom. The van der Waals surface area contributed by atoms with Crippen molar-refractivity contribution in [3.05, 3.63) is 102 Å². The average molecular weight is 506 g/mol. The number of rotatable bonds is 9. The molecule has 0 unspecified atom stereocenters. The minimum Gasteiger partial charge on any atom is -0.359 e. The topological polar surface area (TPSA) is 89.7 Å². The molecule has 0 atom stereocenters. The summed E-state index contributed by atoms with van der Waals surface area (Å²) >= 11 is 0. The number of nitrogens with one attached hydrogen (secondary N) is 2. The predicted molar refractivity (Wildman–Crippen MR) is 149 cm³/mol. The van der Waals surface area contributed by atoms with Crippen LogP contribution in [-0.4, -0.2) is 44.8 Å². The lowest BCUT2D eigenvalue weighted by Gasteiger charge is -2.10. The fourth-order valence-electron chi connectivity index (χ4n) is 4.33. The summed E-state index contributed by atoms with van der Waals surface area (Å²) in [5.74, 6) is -0.00150. The van der Waals surface area contributed by atoms with Crippen molar-refractivity contribution >= 4 is 5.91 Å². The number of benzene rings is 3. The molecule has 5 aromatic rings. The molecule has 0 spiro atoms. The van der Waals surface area contributed by atoms with Gasteiger partial charge in [-0.2, -0.15) is 5.10 Å². The summed E-state index contributed by atoms with van der Waals surface area (Å²) in [5.41, 5.74) is 9.19. The standard InChI is InChI=1S/C30H31N7O/c1-21-4-6-22(7-5-21)23-8-10-24(11-9-23)29-18-25(12-17-30(38)32-3)34-37(29)28-15-13-27(14-16-28)36-20-26(19-31-2)33-35-36/h4-11,13-16,18,20,31H,12,17,19H2,1-3H3,(H,32,38). The molecule has 0 fully saturated rings. The van der Waals surface area contributed by atoms with Crippen LogP contribution in [-0.2, 0) is 17.8 Å². The van der Waals surface area contributed by atoms with E-state index in [0.717, 1.165) is 39.6 Å². The molecule has 0 aliphatic rings. The minimum absolute atomic E-state index is 0.00150. The maximum atomic E-state index is 11.9. The Balaban J connectivity index is 1.47. The molecule has 8 heteroatoms. The normalized spacial score (nSPS) is 11.0. The molecule has 3 aromatic carbocycles. The summed E-state index contributed by atoms with van der Waals surface area (Å²) in [5, 5.41) is 19.1. The van der Waals surface area contributed by atoms with Crippen molar-refractivity contribution < 1.29 is 4.79 Å². The van der Waals surface area contributed by atoms with Crippen LogP contribution >= 0.6 is 0 Å². The number of amides is 1. The van der Waals surface area contributed by atoms with Gasteiger partial charge in [-0.3, -0.25) is 4.79 Å². The van der Waals surface area contributed by atoms with Crippen molar-refractivity contribution in [2.75, 3.05) is 14.1 Å². The van der Waals surface area contributed by atoms with E-state index < -0.39 is 0 Å². The number of carbonyl (C=O) groups is 1. The second-order valence-electron chi connectivity index (χ2n) is 9.25. The largest absolute Gasteiger partial charge is 0.359 e. The van der Waals surface area contributed by atoms with Crippen LogP contribution in [0.15, 0.2) is 85.1 Å². The predicted octanol–water partition coefficient (Wildman–Crippen LogP) is 4.49. The summed E-state index contributed by atoms with van der Waals surface area (Å²) in [6, 6.07) is 27.2. The Morgan fingerprint density at radius 2 is 1.45 bits per heavy atom. The Kier molecular flexibility index (Phi) is 7.42. The summed E-state index contributed by atoms with van der Waals surface area (Å²) in [4.78, 5) is 11.9. The summed E-state index contributed by atoms with van der Waals surface area (Å²) < 4.78 is 3.71. The number of carbonyl (C=O) groups excluding carboxylic acids is 1. The van der Waals surface area contributed by atoms with E-state index in [9.17, 15) is 4.79 Å². The van der Waals surface area contributed by atoms with Crippen LogP contribution in [0.4, 0.5) is 0 Å². The highest BCUT2D eigenvalue weighted by Crippen LogP contribution is 2.28. The molecule has 2 aromatic heterocycles. The summed E-state index contributed by atoms with van der Waals surface area (Å²) in [6.07, 6.45) is 2.86. The molecule has 0 bridgehead atoms. The SMILES string of the molecule is CNCc1cn(-c2ccc(-n3nc(CCC(=O)NC)cc3-c3ccc(-c4ccc(C)cc4)cc3)cc2)nn1. The Bertz CT molecular complexity index is 1510. The van der Waals surface area contributed by atoms with Gasteiger partial charge in [-0.15, -0.1) is 5.10 Å². The average Bonchev–Trinajstić information content (AvgIpc) is 3.60. The lowest BCUT2D eigenvalue weighted by molar-refractivity contribution is -0.120. The van der Waals surface area contributed by atoms with Gasteiger partial charge in [-0.1, -0.05) is 59.3 Å². The smallest absolute Gasteiger partial charge is 0.220 e. The molecular weight excluding hydrogens is 474 g/mol. The van der Waals surface area contributed by atoms with Crippen molar-refractivity contribution in [3.63, 3.8) is 0 Å². The van der Waals surface area contributed by atoms with E-state index in [-0.39, 0.29) is 5.91 Å². The van der Waals surface area contributed by atoms with Gasteiger partial charge in [0, 0.05) is 32.0 Å². The number of hydrogen-bond donors (Lipinski definition) is 2. The summed E-state index contributed by atoms with van der Waals surface area (Å²) in [6.45, 7) is 2.76. The maximum absolute atomic E-state index is 11.9. The van der Waals surface area contributed by atoms with Crippen molar-refractivity contribution in [2.45, 2.75) is 26.3 Å². The molecule has 0 saturated carbocycles. The van der Waals surface area contributed by atoms with Crippen molar-refractivity contribution in [3.8, 4) is 33.8 Å². The molecule has 1 amide bonds. The fourth-order valence-corrected chi connectivity index (χ4v) is 4.33. The van der Waals surface area contributed by atoms with Gasteiger partial charge < -0.3 is 10.6 Å². The van der Waals surface area contributed by atoms with Gasteiger partial charge in [0.05, 0.1) is 34.7 Å². The third-order valence-electron chi connectivity index (χ3n) is 6.47. The minimum atomic E-state index is -0.00150. The molecule has 38 heavy (non-hydrogen) atoms. The number of aromatic nitrogens is 5. The second kappa shape index (κ2) is 11.2. The monoisotopic (exact) mass is 505 g/mol. The third-order valence-corrected chi connectivity index (χ3v) is 6.47. The number of nitrogens with zero attached hydrogens (tertiary/aromatic N) is 5. The zero-order chi connectivity index (χ0) is 26.5. The summed E-state index contributed by atoms with van der Waals surface area (Å²) in [7, 11) is 3.54. The van der Waals surface area contributed by atoms with Crippen LogP contribution in [0.3, 0.4) is 0 Å². The van der Waals surface area contributed by atoms with E-state index in [2.05, 4.69) is 82.5 Å². The first-order valence-corrected chi connectivity index (χ1v) is 12.7. The van der Waals surface area contributed by atoms with Crippen LogP contribution in [0, 0.1) is 6.92 Å². The quantitative estimate of drug-likeness (QED) is 0.308. The molecule has 0 aliphatic carbocycles. The first kappa shape index (κ1) is 25.1. The molecule has 8 nitrogen and oxygen atoms in total. The van der Waals surface area contributed by atoms with E-state index in [1.165, 1.54) is 11.1 Å². The zero-order valence-electron chi connectivity index (χ0n) is 21.8. The molecule has 0 radical (unpaired) electrons. The zero-order valence-corrected chi connectivity index (χ0v) is 21.8. The Hall–Kier alpha value is -4.56. The van der Waals surface area contributed by atoms with Crippen LogP contribution in [0.2, 0.25) is 0 Å². The Labute approximate surface area is 222 Å². The van der Waals surface area contributed by atoms with Gasteiger partial charge in [0.2, 0.25) is 5.91 Å². The lowest BCUT2D eigenvalue weighted by Crippen LogP contribution is -2.18. The molecule has 0 aliphatic heterocycles. The van der Waals surface area contributed by atoms with Gasteiger partial charge in [0.25, 0.3) is 0 Å². The fraction of sp³-hybridized carbons (Fsp3) is 0.200. The molecule has 0 saturated heterocycles. The lowest BCUT2D eigenvalue weighted by atomic mass is 10.0. The molecule has 2 N–H and O–H groups in total. The second-order valence-corrected chi connectivity index (χ2v) is 9.25. The van der Waals surface area contributed by atoms with Gasteiger partial charge in [-0.25, -0.2) is 9.36 Å². The van der Waals surface area contributed by atoms with E-state index in [1.807, 2.05) is 42.2 Å². The van der Waals surface area contributed by atoms with Gasteiger partial charge >= 0.3 is 0 Å². The van der Waals surface area contributed by atoms with Crippen molar-refractivity contribution in [1.82, 2.24) is 35.4 Å². The third kappa shape index (κ3) is 5.55. The molecule has 192 valence electrons. The maximum Gasteiger partial charge on any atom is 0.220 e. The number of hydrogen-bond acceptors (Lipinski definition) is 5. The van der Waals surface area contributed by atoms with Crippen molar-refractivity contribution in [2.24, 2.45) is 0 Å². The Morgan fingerprint density at radius 3 is 2.11 bits per heavy atom. The number of aryl methyl sites for hydroxylation is 2. The van der Waals surface area contributed by atoms with Gasteiger partial charge in [-0.05, 0) is 55.4 Å². The van der Waals surface area contributed by atoms with Crippen LogP contribution in [0.25, 0.3) is 33.8 Å². The highest BCUT2D eigenvalue weighted by Gasteiger charge is 2.14.